The van der Waals surface area contributed by atoms with Crippen LogP contribution >= 0.6 is 0 Å². The van der Waals surface area contributed by atoms with Gasteiger partial charge in [-0.1, -0.05) is 23.3 Å². The summed E-state index contributed by atoms with van der Waals surface area (Å²) in [5.74, 6) is 2.30. The van der Waals surface area contributed by atoms with Gasteiger partial charge in [0, 0.05) is 38.7 Å². The summed E-state index contributed by atoms with van der Waals surface area (Å²) in [6.45, 7) is 2.65. The Bertz CT molecular complexity index is 993. The van der Waals surface area contributed by atoms with Gasteiger partial charge >= 0.3 is 0 Å². The van der Waals surface area contributed by atoms with Gasteiger partial charge in [-0.25, -0.2) is 0 Å². The van der Waals surface area contributed by atoms with E-state index in [1.165, 1.54) is 0 Å². The third-order valence-corrected chi connectivity index (χ3v) is 5.41. The molecule has 1 amide bonds. The number of carbonyl (C=O) groups is 1. The lowest BCUT2D eigenvalue weighted by atomic mass is 10.1. The van der Waals surface area contributed by atoms with Gasteiger partial charge in [-0.05, 0) is 46.7 Å². The largest absolute Gasteiger partial charge is 0.497 e. The lowest BCUT2D eigenvalue weighted by Crippen LogP contribution is -2.49. The molecule has 162 valence electrons. The van der Waals surface area contributed by atoms with Crippen molar-refractivity contribution < 1.29 is 14.3 Å². The summed E-state index contributed by atoms with van der Waals surface area (Å²) in [7, 11) is 3.24. The zero-order valence-corrected chi connectivity index (χ0v) is 17.8. The summed E-state index contributed by atoms with van der Waals surface area (Å²) < 4.78 is 12.4. The summed E-state index contributed by atoms with van der Waals surface area (Å²) in [5, 5.41) is 12.2. The highest BCUT2D eigenvalue weighted by molar-refractivity contribution is 5.76. The van der Waals surface area contributed by atoms with Crippen LogP contribution < -0.4 is 14.4 Å². The van der Waals surface area contributed by atoms with Crippen LogP contribution in [0, 0.1) is 0 Å². The van der Waals surface area contributed by atoms with Crippen molar-refractivity contribution in [3.63, 3.8) is 0 Å². The number of hydrogen-bond donors (Lipinski definition) is 0. The van der Waals surface area contributed by atoms with E-state index < -0.39 is 0 Å². The maximum atomic E-state index is 12.8. The molecule has 9 heteroatoms. The number of anilines is 1. The summed E-state index contributed by atoms with van der Waals surface area (Å²) in [4.78, 5) is 16.8. The normalized spacial score (nSPS) is 13.9. The molecule has 2 aromatic carbocycles. The van der Waals surface area contributed by atoms with E-state index in [2.05, 4.69) is 20.4 Å². The SMILES string of the molecule is COc1cc(CCC(=O)N2CCN(c3nnnn3-c3ccccc3)CC2)cc(OC)c1. The Balaban J connectivity index is 1.34. The van der Waals surface area contributed by atoms with E-state index in [-0.39, 0.29) is 5.91 Å². The van der Waals surface area contributed by atoms with Gasteiger partial charge in [0.15, 0.2) is 0 Å². The molecule has 31 heavy (non-hydrogen) atoms. The van der Waals surface area contributed by atoms with Gasteiger partial charge in [0.1, 0.15) is 11.5 Å². The van der Waals surface area contributed by atoms with Crippen molar-refractivity contribution in [2.24, 2.45) is 0 Å². The van der Waals surface area contributed by atoms with Crippen LogP contribution in [-0.2, 0) is 11.2 Å². The number of carbonyl (C=O) groups excluding carboxylic acids is 1. The number of methoxy groups -OCH3 is 2. The summed E-state index contributed by atoms with van der Waals surface area (Å²) in [6, 6.07) is 15.5. The summed E-state index contributed by atoms with van der Waals surface area (Å²) in [5.41, 5.74) is 1.93. The van der Waals surface area contributed by atoms with Crippen molar-refractivity contribution in [3.05, 3.63) is 54.1 Å². The second-order valence-electron chi connectivity index (χ2n) is 7.31. The Morgan fingerprint density at radius 3 is 2.29 bits per heavy atom. The van der Waals surface area contributed by atoms with Gasteiger partial charge in [-0.3, -0.25) is 4.79 Å². The number of aromatic nitrogens is 4. The van der Waals surface area contributed by atoms with Crippen LogP contribution in [0.2, 0.25) is 0 Å². The second kappa shape index (κ2) is 9.46. The molecule has 4 rings (SSSR count). The topological polar surface area (TPSA) is 85.6 Å². The third-order valence-electron chi connectivity index (χ3n) is 5.41. The molecule has 2 heterocycles. The van der Waals surface area contributed by atoms with E-state index in [4.69, 9.17) is 9.47 Å². The third kappa shape index (κ3) is 4.76. The number of tetrazole rings is 1. The van der Waals surface area contributed by atoms with Crippen LogP contribution in [0.3, 0.4) is 0 Å². The molecule has 3 aromatic rings. The molecule has 1 aliphatic heterocycles. The summed E-state index contributed by atoms with van der Waals surface area (Å²) >= 11 is 0. The fraction of sp³-hybridized carbons (Fsp3) is 0.364. The fourth-order valence-electron chi connectivity index (χ4n) is 3.69. The van der Waals surface area contributed by atoms with Crippen molar-refractivity contribution in [1.29, 1.82) is 0 Å². The lowest BCUT2D eigenvalue weighted by molar-refractivity contribution is -0.131. The van der Waals surface area contributed by atoms with Gasteiger partial charge < -0.3 is 19.3 Å². The highest BCUT2D eigenvalue weighted by atomic mass is 16.5. The minimum Gasteiger partial charge on any atom is -0.497 e. The zero-order chi connectivity index (χ0) is 21.6. The van der Waals surface area contributed by atoms with Crippen molar-refractivity contribution in [1.82, 2.24) is 25.1 Å². The monoisotopic (exact) mass is 422 g/mol. The minimum atomic E-state index is 0.143. The van der Waals surface area contributed by atoms with Crippen LogP contribution in [0.15, 0.2) is 48.5 Å². The molecule has 0 spiro atoms. The average Bonchev–Trinajstić information content (AvgIpc) is 3.33. The Morgan fingerprint density at radius 1 is 0.968 bits per heavy atom. The molecular weight excluding hydrogens is 396 g/mol. The first-order valence-corrected chi connectivity index (χ1v) is 10.3. The van der Waals surface area contributed by atoms with Crippen molar-refractivity contribution in [3.8, 4) is 17.2 Å². The molecular formula is C22H26N6O3. The number of amides is 1. The van der Waals surface area contributed by atoms with Crippen molar-refractivity contribution in [2.75, 3.05) is 45.3 Å². The van der Waals surface area contributed by atoms with Gasteiger partial charge in [0.05, 0.1) is 19.9 Å². The van der Waals surface area contributed by atoms with Crippen molar-refractivity contribution in [2.45, 2.75) is 12.8 Å². The molecule has 0 N–H and O–H groups in total. The minimum absolute atomic E-state index is 0.143. The molecule has 1 fully saturated rings. The Hall–Kier alpha value is -3.62. The molecule has 1 saturated heterocycles. The maximum Gasteiger partial charge on any atom is 0.250 e. The number of hydrogen-bond acceptors (Lipinski definition) is 7. The number of nitrogens with zero attached hydrogens (tertiary/aromatic N) is 6. The van der Waals surface area contributed by atoms with E-state index in [1.54, 1.807) is 18.9 Å². The Morgan fingerprint density at radius 2 is 1.65 bits per heavy atom. The van der Waals surface area contributed by atoms with Crippen LogP contribution in [-0.4, -0.2) is 71.4 Å². The van der Waals surface area contributed by atoms with E-state index in [0.29, 0.717) is 45.0 Å². The van der Waals surface area contributed by atoms with Crippen LogP contribution in [0.25, 0.3) is 5.69 Å². The lowest BCUT2D eigenvalue weighted by Gasteiger charge is -2.34. The smallest absolute Gasteiger partial charge is 0.250 e. The Labute approximate surface area is 181 Å². The standard InChI is InChI=1S/C22H26N6O3/c1-30-19-14-17(15-20(16-19)31-2)8-9-21(29)26-10-12-27(13-11-26)22-23-24-25-28(22)18-6-4-3-5-7-18/h3-7,14-16H,8-13H2,1-2H3. The van der Waals surface area contributed by atoms with E-state index in [0.717, 1.165) is 22.7 Å². The molecule has 1 aromatic heterocycles. The number of aryl methyl sites for hydroxylation is 1. The molecule has 9 nitrogen and oxygen atoms in total. The van der Waals surface area contributed by atoms with Crippen LogP contribution in [0.4, 0.5) is 5.95 Å². The quantitative estimate of drug-likeness (QED) is 0.575. The first-order valence-electron chi connectivity index (χ1n) is 10.3. The number of piperazine rings is 1. The van der Waals surface area contributed by atoms with Gasteiger partial charge in [-0.2, -0.15) is 4.68 Å². The second-order valence-corrected chi connectivity index (χ2v) is 7.31. The summed E-state index contributed by atoms with van der Waals surface area (Å²) in [6.07, 6.45) is 1.08. The van der Waals surface area contributed by atoms with Crippen LogP contribution in [0.5, 0.6) is 11.5 Å². The maximum absolute atomic E-state index is 12.8. The highest BCUT2D eigenvalue weighted by Gasteiger charge is 2.24. The molecule has 1 aliphatic rings. The fourth-order valence-corrected chi connectivity index (χ4v) is 3.69. The number of rotatable bonds is 7. The number of para-hydroxylation sites is 1. The number of benzene rings is 2. The predicted octanol–water partition coefficient (Wildman–Crippen LogP) is 1.96. The highest BCUT2D eigenvalue weighted by Crippen LogP contribution is 2.24. The van der Waals surface area contributed by atoms with Gasteiger partial charge in [0.2, 0.25) is 11.9 Å². The average molecular weight is 422 g/mol. The first kappa shape index (κ1) is 20.6. The first-order chi connectivity index (χ1) is 15.2. The molecule has 0 bridgehead atoms. The molecule has 0 unspecified atom stereocenters. The van der Waals surface area contributed by atoms with Gasteiger partial charge in [-0.15, -0.1) is 0 Å². The molecule has 0 aliphatic carbocycles. The zero-order valence-electron chi connectivity index (χ0n) is 17.8. The molecule has 0 radical (unpaired) electrons. The van der Waals surface area contributed by atoms with E-state index in [9.17, 15) is 4.79 Å². The van der Waals surface area contributed by atoms with Crippen molar-refractivity contribution >= 4 is 11.9 Å². The number of ether oxygens (including phenoxy) is 2. The predicted molar refractivity (Wildman–Crippen MR) is 116 cm³/mol. The van der Waals surface area contributed by atoms with Gasteiger partial charge in [0.25, 0.3) is 0 Å². The van der Waals surface area contributed by atoms with Crippen LogP contribution in [0.1, 0.15) is 12.0 Å². The molecule has 0 saturated carbocycles. The molecule has 0 atom stereocenters. The Kier molecular flexibility index (Phi) is 6.30. The van der Waals surface area contributed by atoms with E-state index >= 15 is 0 Å². The van der Waals surface area contributed by atoms with E-state index in [1.807, 2.05) is 53.4 Å².